The number of aromatic amines is 1. The van der Waals surface area contributed by atoms with E-state index in [0.29, 0.717) is 18.6 Å². The smallest absolute Gasteiger partial charge is 0.254 e. The first kappa shape index (κ1) is 26.7. The van der Waals surface area contributed by atoms with Crippen molar-refractivity contribution in [2.45, 2.75) is 98.3 Å². The predicted molar refractivity (Wildman–Crippen MR) is 143 cm³/mol. The number of phenols is 1. The highest BCUT2D eigenvalue weighted by Crippen LogP contribution is 2.28. The van der Waals surface area contributed by atoms with Crippen LogP contribution in [-0.4, -0.2) is 20.1 Å². The molecule has 5 heteroatoms. The minimum absolute atomic E-state index is 0.0439. The summed E-state index contributed by atoms with van der Waals surface area (Å²) >= 11 is 0. The van der Waals surface area contributed by atoms with Gasteiger partial charge < -0.3 is 10.1 Å². The van der Waals surface area contributed by atoms with Crippen LogP contribution in [0.15, 0.2) is 35.3 Å². The molecule has 3 aromatic rings. The maximum absolute atomic E-state index is 13.3. The zero-order chi connectivity index (χ0) is 25.2. The standard InChI is InChI=1S/C30H41N3O2/c1-5-9-12-27-26(19-22-17-23(10-6-2)29(34)24(18-22)11-7-3)30(35)33-28(32-27)16-15-25-14-13-21(8-4)20-31-25/h13-14,17-18,20,34H,5-12,15-16,19H2,1-4H3,(H,32,33,35). The summed E-state index contributed by atoms with van der Waals surface area (Å²) in [4.78, 5) is 25.8. The van der Waals surface area contributed by atoms with Gasteiger partial charge in [0.15, 0.2) is 0 Å². The molecule has 35 heavy (non-hydrogen) atoms. The fraction of sp³-hybridized carbons (Fsp3) is 0.500. The molecule has 0 aliphatic heterocycles. The fourth-order valence-electron chi connectivity index (χ4n) is 4.56. The first-order valence-electron chi connectivity index (χ1n) is 13.4. The summed E-state index contributed by atoms with van der Waals surface area (Å²) in [5, 5.41) is 10.7. The first-order chi connectivity index (χ1) is 17.0. The van der Waals surface area contributed by atoms with Crippen LogP contribution in [0.5, 0.6) is 5.75 Å². The Morgan fingerprint density at radius 3 is 2.14 bits per heavy atom. The number of H-pyrrole nitrogens is 1. The number of nitrogens with one attached hydrogen (secondary N) is 1. The Morgan fingerprint density at radius 1 is 0.857 bits per heavy atom. The number of phenolic OH excluding ortho intramolecular Hbond substituents is 1. The zero-order valence-electron chi connectivity index (χ0n) is 21.9. The fourth-order valence-corrected chi connectivity index (χ4v) is 4.56. The molecule has 3 rings (SSSR count). The Labute approximate surface area is 210 Å². The lowest BCUT2D eigenvalue weighted by molar-refractivity contribution is 0.459. The lowest BCUT2D eigenvalue weighted by Gasteiger charge is -2.14. The molecule has 2 N–H and O–H groups in total. The summed E-state index contributed by atoms with van der Waals surface area (Å²) < 4.78 is 0. The van der Waals surface area contributed by atoms with E-state index in [1.807, 2.05) is 6.20 Å². The summed E-state index contributed by atoms with van der Waals surface area (Å²) in [7, 11) is 0. The largest absolute Gasteiger partial charge is 0.507 e. The van der Waals surface area contributed by atoms with E-state index in [0.717, 1.165) is 97.3 Å². The van der Waals surface area contributed by atoms with Crippen molar-refractivity contribution >= 4 is 0 Å². The van der Waals surface area contributed by atoms with Crippen LogP contribution in [0.4, 0.5) is 0 Å². The highest BCUT2D eigenvalue weighted by Gasteiger charge is 2.15. The van der Waals surface area contributed by atoms with E-state index < -0.39 is 0 Å². The third-order valence-corrected chi connectivity index (χ3v) is 6.58. The van der Waals surface area contributed by atoms with Crippen LogP contribution in [0.25, 0.3) is 0 Å². The van der Waals surface area contributed by atoms with Crippen molar-refractivity contribution in [1.82, 2.24) is 15.0 Å². The number of aryl methyl sites for hydroxylation is 6. The van der Waals surface area contributed by atoms with Crippen molar-refractivity contribution in [2.75, 3.05) is 0 Å². The molecule has 1 aromatic carbocycles. The van der Waals surface area contributed by atoms with Gasteiger partial charge in [-0.05, 0) is 66.8 Å². The van der Waals surface area contributed by atoms with E-state index in [2.05, 4.69) is 61.9 Å². The van der Waals surface area contributed by atoms with Crippen LogP contribution >= 0.6 is 0 Å². The topological polar surface area (TPSA) is 78.9 Å². The summed E-state index contributed by atoms with van der Waals surface area (Å²) in [6.45, 7) is 8.52. The van der Waals surface area contributed by atoms with Crippen molar-refractivity contribution in [2.24, 2.45) is 0 Å². The Balaban J connectivity index is 1.89. The molecule has 0 aliphatic carbocycles. The molecular formula is C30H41N3O2. The first-order valence-corrected chi connectivity index (χ1v) is 13.4. The number of rotatable bonds is 13. The van der Waals surface area contributed by atoms with Crippen molar-refractivity contribution < 1.29 is 5.11 Å². The average Bonchev–Trinajstić information content (AvgIpc) is 2.86. The Morgan fingerprint density at radius 2 is 1.57 bits per heavy atom. The lowest BCUT2D eigenvalue weighted by Crippen LogP contribution is -2.21. The van der Waals surface area contributed by atoms with Crippen LogP contribution in [0.2, 0.25) is 0 Å². The average molecular weight is 476 g/mol. The minimum Gasteiger partial charge on any atom is -0.507 e. The predicted octanol–water partition coefficient (Wildman–Crippen LogP) is 6.06. The van der Waals surface area contributed by atoms with Crippen molar-refractivity contribution in [3.8, 4) is 5.75 Å². The number of hydrogen-bond donors (Lipinski definition) is 2. The van der Waals surface area contributed by atoms with Crippen molar-refractivity contribution in [3.63, 3.8) is 0 Å². The van der Waals surface area contributed by atoms with Gasteiger partial charge in [-0.3, -0.25) is 9.78 Å². The van der Waals surface area contributed by atoms with Gasteiger partial charge in [0.2, 0.25) is 0 Å². The van der Waals surface area contributed by atoms with Gasteiger partial charge in [-0.2, -0.15) is 0 Å². The van der Waals surface area contributed by atoms with Gasteiger partial charge in [0.05, 0.1) is 5.69 Å². The highest BCUT2D eigenvalue weighted by atomic mass is 16.3. The Bertz CT molecular complexity index is 1120. The third kappa shape index (κ3) is 7.27. The molecular weight excluding hydrogens is 434 g/mol. The van der Waals surface area contributed by atoms with Gasteiger partial charge in [0.1, 0.15) is 11.6 Å². The number of aromatic nitrogens is 3. The van der Waals surface area contributed by atoms with Gasteiger partial charge in [-0.15, -0.1) is 0 Å². The molecule has 188 valence electrons. The van der Waals surface area contributed by atoms with Gasteiger partial charge in [-0.25, -0.2) is 4.98 Å². The number of unbranched alkanes of at least 4 members (excludes halogenated alkanes) is 1. The number of benzene rings is 1. The second-order valence-electron chi connectivity index (χ2n) is 9.49. The molecule has 0 spiro atoms. The number of aromatic hydroxyl groups is 1. The molecule has 0 radical (unpaired) electrons. The summed E-state index contributed by atoms with van der Waals surface area (Å²) in [5.74, 6) is 1.15. The Kier molecular flexibility index (Phi) is 10.1. The van der Waals surface area contributed by atoms with Crippen LogP contribution in [0.3, 0.4) is 0 Å². The van der Waals surface area contributed by atoms with E-state index in [1.165, 1.54) is 5.56 Å². The van der Waals surface area contributed by atoms with Gasteiger partial charge in [0, 0.05) is 30.3 Å². The molecule has 0 saturated carbocycles. The summed E-state index contributed by atoms with van der Waals surface area (Å²) in [5.41, 5.74) is 6.89. The van der Waals surface area contributed by atoms with Crippen LogP contribution in [0, 0.1) is 0 Å². The second kappa shape index (κ2) is 13.2. The van der Waals surface area contributed by atoms with E-state index in [-0.39, 0.29) is 5.56 Å². The quantitative estimate of drug-likeness (QED) is 0.315. The van der Waals surface area contributed by atoms with Crippen LogP contribution in [-0.2, 0) is 44.9 Å². The van der Waals surface area contributed by atoms with Gasteiger partial charge in [-0.1, -0.05) is 65.2 Å². The van der Waals surface area contributed by atoms with Crippen molar-refractivity contribution in [1.29, 1.82) is 0 Å². The maximum atomic E-state index is 13.3. The molecule has 0 amide bonds. The normalized spacial score (nSPS) is 11.2. The van der Waals surface area contributed by atoms with E-state index in [9.17, 15) is 9.90 Å². The van der Waals surface area contributed by atoms with Crippen molar-refractivity contribution in [3.05, 3.63) is 85.8 Å². The van der Waals surface area contributed by atoms with E-state index in [1.54, 1.807) is 0 Å². The number of pyridine rings is 1. The zero-order valence-corrected chi connectivity index (χ0v) is 21.9. The molecule has 0 fully saturated rings. The SMILES string of the molecule is CCCCc1nc(CCc2ccc(CC)cn2)[nH]c(=O)c1Cc1cc(CCC)c(O)c(CCC)c1. The molecule has 0 atom stereocenters. The van der Waals surface area contributed by atoms with Crippen LogP contribution < -0.4 is 5.56 Å². The van der Waals surface area contributed by atoms with Crippen LogP contribution in [0.1, 0.15) is 98.4 Å². The highest BCUT2D eigenvalue weighted by molar-refractivity contribution is 5.45. The lowest BCUT2D eigenvalue weighted by atomic mass is 9.94. The molecule has 0 aliphatic rings. The summed E-state index contributed by atoms with van der Waals surface area (Å²) in [6, 6.07) is 8.32. The molecule has 0 bridgehead atoms. The molecule has 0 saturated heterocycles. The molecule has 5 nitrogen and oxygen atoms in total. The molecule has 2 aromatic heterocycles. The summed E-state index contributed by atoms with van der Waals surface area (Å²) in [6.07, 6.45) is 11.3. The van der Waals surface area contributed by atoms with E-state index >= 15 is 0 Å². The second-order valence-corrected chi connectivity index (χ2v) is 9.49. The number of hydrogen-bond acceptors (Lipinski definition) is 4. The molecule has 2 heterocycles. The monoisotopic (exact) mass is 475 g/mol. The maximum Gasteiger partial charge on any atom is 0.254 e. The van der Waals surface area contributed by atoms with Gasteiger partial charge in [0.25, 0.3) is 5.56 Å². The third-order valence-electron chi connectivity index (χ3n) is 6.58. The number of nitrogens with zero attached hydrogens (tertiary/aromatic N) is 2. The van der Waals surface area contributed by atoms with E-state index in [4.69, 9.17) is 4.98 Å². The molecule has 0 unspecified atom stereocenters. The Hall–Kier alpha value is -2.95. The minimum atomic E-state index is -0.0439. The van der Waals surface area contributed by atoms with Gasteiger partial charge >= 0.3 is 0 Å².